The molecule has 0 atom stereocenters. The van der Waals surface area contributed by atoms with Gasteiger partial charge in [-0.1, -0.05) is 42.5 Å². The smallest absolute Gasteiger partial charge is 0.140 e. The molecule has 94 valence electrons. The van der Waals surface area contributed by atoms with Crippen LogP contribution in [0.4, 0.5) is 5.69 Å². The quantitative estimate of drug-likeness (QED) is 0.724. The van der Waals surface area contributed by atoms with E-state index in [1.54, 1.807) is 0 Å². The molecule has 3 aromatic rings. The van der Waals surface area contributed by atoms with Gasteiger partial charge in [0.15, 0.2) is 0 Å². The third-order valence-electron chi connectivity index (χ3n) is 3.05. The summed E-state index contributed by atoms with van der Waals surface area (Å²) >= 11 is 0. The predicted octanol–water partition coefficient (Wildman–Crippen LogP) is 3.18. The highest BCUT2D eigenvalue weighted by atomic mass is 15.1. The minimum Gasteiger partial charge on any atom is -0.399 e. The zero-order valence-electron chi connectivity index (χ0n) is 10.5. The average Bonchev–Trinajstić information content (AvgIpc) is 2.88. The van der Waals surface area contributed by atoms with E-state index in [0.29, 0.717) is 0 Å². The van der Waals surface area contributed by atoms with Crippen LogP contribution in [0.15, 0.2) is 67.0 Å². The van der Waals surface area contributed by atoms with Crippen LogP contribution in [0, 0.1) is 0 Å². The molecule has 1 aromatic heterocycles. The minimum atomic E-state index is 0.773. The van der Waals surface area contributed by atoms with E-state index in [4.69, 9.17) is 5.73 Å². The molecule has 0 fully saturated rings. The number of hydrogen-bond acceptors (Lipinski definition) is 2. The Hall–Kier alpha value is -2.55. The summed E-state index contributed by atoms with van der Waals surface area (Å²) in [6.07, 6.45) is 3.82. The van der Waals surface area contributed by atoms with Crippen molar-refractivity contribution in [2.45, 2.75) is 6.54 Å². The summed E-state index contributed by atoms with van der Waals surface area (Å²) in [5.41, 5.74) is 8.90. The summed E-state index contributed by atoms with van der Waals surface area (Å²) < 4.78 is 2.13. The summed E-state index contributed by atoms with van der Waals surface area (Å²) in [5.74, 6) is 0.975. The summed E-state index contributed by atoms with van der Waals surface area (Å²) in [7, 11) is 0. The molecule has 2 aromatic carbocycles. The first-order valence-corrected chi connectivity index (χ1v) is 6.24. The molecule has 0 aliphatic heterocycles. The molecule has 0 spiro atoms. The summed E-state index contributed by atoms with van der Waals surface area (Å²) in [6.45, 7) is 0.773. The third-order valence-corrected chi connectivity index (χ3v) is 3.05. The van der Waals surface area contributed by atoms with Crippen molar-refractivity contribution >= 4 is 5.69 Å². The van der Waals surface area contributed by atoms with Gasteiger partial charge in [0.05, 0.1) is 0 Å². The van der Waals surface area contributed by atoms with Gasteiger partial charge >= 0.3 is 0 Å². The molecule has 0 amide bonds. The van der Waals surface area contributed by atoms with Crippen molar-refractivity contribution < 1.29 is 0 Å². The van der Waals surface area contributed by atoms with Crippen molar-refractivity contribution in [3.63, 3.8) is 0 Å². The molecule has 0 saturated carbocycles. The molecule has 0 saturated heterocycles. The SMILES string of the molecule is Nc1cccc(Cn2ccnc2-c2ccccc2)c1. The van der Waals surface area contributed by atoms with Crippen molar-refractivity contribution in [2.75, 3.05) is 5.73 Å². The van der Waals surface area contributed by atoms with E-state index in [9.17, 15) is 0 Å². The molecular weight excluding hydrogens is 234 g/mol. The molecule has 0 aliphatic carbocycles. The molecule has 0 bridgehead atoms. The molecule has 0 unspecified atom stereocenters. The van der Waals surface area contributed by atoms with Crippen molar-refractivity contribution in [2.24, 2.45) is 0 Å². The summed E-state index contributed by atoms with van der Waals surface area (Å²) in [6, 6.07) is 18.1. The van der Waals surface area contributed by atoms with Gasteiger partial charge in [0.25, 0.3) is 0 Å². The van der Waals surface area contributed by atoms with E-state index in [1.807, 2.05) is 48.8 Å². The predicted molar refractivity (Wildman–Crippen MR) is 77.6 cm³/mol. The van der Waals surface area contributed by atoms with E-state index in [0.717, 1.165) is 23.6 Å². The standard InChI is InChI=1S/C16H15N3/c17-15-8-4-5-13(11-15)12-19-10-9-18-16(19)14-6-2-1-3-7-14/h1-11H,12,17H2. The van der Waals surface area contributed by atoms with E-state index in [2.05, 4.69) is 27.8 Å². The topological polar surface area (TPSA) is 43.8 Å². The Morgan fingerprint density at radius 1 is 1.00 bits per heavy atom. The van der Waals surface area contributed by atoms with Crippen LogP contribution in [-0.4, -0.2) is 9.55 Å². The highest BCUT2D eigenvalue weighted by Crippen LogP contribution is 2.18. The molecule has 1 heterocycles. The van der Waals surface area contributed by atoms with Gasteiger partial charge in [-0.2, -0.15) is 0 Å². The number of imidazole rings is 1. The van der Waals surface area contributed by atoms with Crippen LogP contribution in [0.25, 0.3) is 11.4 Å². The lowest BCUT2D eigenvalue weighted by Crippen LogP contribution is -2.01. The third kappa shape index (κ3) is 2.50. The minimum absolute atomic E-state index is 0.773. The average molecular weight is 249 g/mol. The van der Waals surface area contributed by atoms with E-state index in [-0.39, 0.29) is 0 Å². The molecule has 3 rings (SSSR count). The highest BCUT2D eigenvalue weighted by Gasteiger charge is 2.05. The Kier molecular flexibility index (Phi) is 3.02. The lowest BCUT2D eigenvalue weighted by atomic mass is 10.2. The van der Waals surface area contributed by atoms with Crippen LogP contribution in [-0.2, 0) is 6.54 Å². The Morgan fingerprint density at radius 2 is 1.84 bits per heavy atom. The van der Waals surface area contributed by atoms with Gasteiger partial charge in [-0.15, -0.1) is 0 Å². The van der Waals surface area contributed by atoms with E-state index < -0.39 is 0 Å². The van der Waals surface area contributed by atoms with E-state index in [1.165, 1.54) is 5.56 Å². The first kappa shape index (κ1) is 11.5. The molecule has 0 radical (unpaired) electrons. The number of aromatic nitrogens is 2. The fourth-order valence-corrected chi connectivity index (χ4v) is 2.17. The van der Waals surface area contributed by atoms with Crippen LogP contribution in [0.3, 0.4) is 0 Å². The number of nitrogens with two attached hydrogens (primary N) is 1. The summed E-state index contributed by atoms with van der Waals surface area (Å²) in [4.78, 5) is 4.44. The van der Waals surface area contributed by atoms with Gasteiger partial charge in [0.2, 0.25) is 0 Å². The van der Waals surface area contributed by atoms with Crippen molar-refractivity contribution in [1.29, 1.82) is 0 Å². The van der Waals surface area contributed by atoms with Crippen molar-refractivity contribution in [3.05, 3.63) is 72.6 Å². The number of nitrogen functional groups attached to an aromatic ring is 1. The fourth-order valence-electron chi connectivity index (χ4n) is 2.17. The zero-order chi connectivity index (χ0) is 13.1. The number of benzene rings is 2. The number of rotatable bonds is 3. The van der Waals surface area contributed by atoms with Crippen LogP contribution in [0.1, 0.15) is 5.56 Å². The van der Waals surface area contributed by atoms with Crippen LogP contribution >= 0.6 is 0 Å². The number of nitrogens with zero attached hydrogens (tertiary/aromatic N) is 2. The Morgan fingerprint density at radius 3 is 2.63 bits per heavy atom. The van der Waals surface area contributed by atoms with Crippen LogP contribution in [0.5, 0.6) is 0 Å². The first-order valence-electron chi connectivity index (χ1n) is 6.24. The maximum Gasteiger partial charge on any atom is 0.140 e. The summed E-state index contributed by atoms with van der Waals surface area (Å²) in [5, 5.41) is 0. The second-order valence-electron chi connectivity index (χ2n) is 4.49. The molecule has 0 aliphatic rings. The Balaban J connectivity index is 1.93. The van der Waals surface area contributed by atoms with E-state index >= 15 is 0 Å². The second kappa shape index (κ2) is 4.98. The molecule has 3 nitrogen and oxygen atoms in total. The van der Waals surface area contributed by atoms with Crippen LogP contribution < -0.4 is 5.73 Å². The molecule has 2 N–H and O–H groups in total. The normalized spacial score (nSPS) is 10.5. The van der Waals surface area contributed by atoms with Crippen LogP contribution in [0.2, 0.25) is 0 Å². The maximum absolute atomic E-state index is 5.81. The number of hydrogen-bond donors (Lipinski definition) is 1. The Labute approximate surface area is 112 Å². The van der Waals surface area contributed by atoms with Crippen molar-refractivity contribution in [1.82, 2.24) is 9.55 Å². The maximum atomic E-state index is 5.81. The van der Waals surface area contributed by atoms with Gasteiger partial charge in [0.1, 0.15) is 5.82 Å². The molecular formula is C16H15N3. The lowest BCUT2D eigenvalue weighted by Gasteiger charge is -2.08. The van der Waals surface area contributed by atoms with Gasteiger partial charge in [-0.3, -0.25) is 0 Å². The molecule has 19 heavy (non-hydrogen) atoms. The van der Waals surface area contributed by atoms with Gasteiger partial charge in [-0.05, 0) is 17.7 Å². The van der Waals surface area contributed by atoms with Crippen molar-refractivity contribution in [3.8, 4) is 11.4 Å². The number of anilines is 1. The monoisotopic (exact) mass is 249 g/mol. The zero-order valence-corrected chi connectivity index (χ0v) is 10.5. The second-order valence-corrected chi connectivity index (χ2v) is 4.49. The van der Waals surface area contributed by atoms with Gasteiger partial charge in [-0.25, -0.2) is 4.98 Å². The lowest BCUT2D eigenvalue weighted by molar-refractivity contribution is 0.807. The highest BCUT2D eigenvalue weighted by molar-refractivity contribution is 5.55. The van der Waals surface area contributed by atoms with Gasteiger partial charge in [0, 0.05) is 30.2 Å². The fraction of sp³-hybridized carbons (Fsp3) is 0.0625. The van der Waals surface area contributed by atoms with Gasteiger partial charge < -0.3 is 10.3 Å². The molecule has 3 heteroatoms. The first-order chi connectivity index (χ1) is 9.33. The Bertz CT molecular complexity index is 671. The largest absolute Gasteiger partial charge is 0.399 e.